The highest BCUT2D eigenvalue weighted by atomic mass is 16.5. The Bertz CT molecular complexity index is 662. The first-order valence-electron chi connectivity index (χ1n) is 8.15. The summed E-state index contributed by atoms with van der Waals surface area (Å²) in [6, 6.07) is 7.11. The first kappa shape index (κ1) is 21.1. The molecular formula is C18H25N3O5. The van der Waals surface area contributed by atoms with E-state index in [1.807, 2.05) is 12.1 Å². The minimum absolute atomic E-state index is 0.0167. The molecule has 0 spiro atoms. The predicted octanol–water partition coefficient (Wildman–Crippen LogP) is 0.119. The second-order valence-corrected chi connectivity index (χ2v) is 6.62. The summed E-state index contributed by atoms with van der Waals surface area (Å²) in [6.07, 6.45) is 0. The van der Waals surface area contributed by atoms with E-state index in [1.165, 1.54) is 7.05 Å². The van der Waals surface area contributed by atoms with Crippen molar-refractivity contribution in [3.63, 3.8) is 0 Å². The maximum atomic E-state index is 12.0. The van der Waals surface area contributed by atoms with Gasteiger partial charge in [-0.1, -0.05) is 32.9 Å². The van der Waals surface area contributed by atoms with Gasteiger partial charge >= 0.3 is 5.97 Å². The van der Waals surface area contributed by atoms with Crippen LogP contribution in [0.1, 0.15) is 36.7 Å². The van der Waals surface area contributed by atoms with Gasteiger partial charge in [0.05, 0.1) is 6.54 Å². The van der Waals surface area contributed by atoms with E-state index in [1.54, 1.807) is 12.1 Å². The highest BCUT2D eigenvalue weighted by molar-refractivity contribution is 5.96. The van der Waals surface area contributed by atoms with Crippen molar-refractivity contribution >= 4 is 23.7 Å². The Hall–Kier alpha value is -2.90. The molecule has 0 aliphatic carbocycles. The standard InChI is InChI=1S/C18H25N3O5/c1-18(2,3)13-7-5-12(6-8-13)17(25)21-10-16(24)26-11-15(23)20-9-14(22)19-4/h5-8H,9-11H2,1-4H3,(H,19,22)(H,20,23)(H,21,25). The third-order valence-electron chi connectivity index (χ3n) is 3.50. The van der Waals surface area contributed by atoms with Crippen LogP contribution in [0.4, 0.5) is 0 Å². The number of nitrogens with one attached hydrogen (secondary N) is 3. The van der Waals surface area contributed by atoms with Gasteiger partial charge in [0.25, 0.3) is 11.8 Å². The van der Waals surface area contributed by atoms with E-state index in [0.717, 1.165) is 5.56 Å². The van der Waals surface area contributed by atoms with Crippen molar-refractivity contribution in [2.24, 2.45) is 0 Å². The lowest BCUT2D eigenvalue weighted by Gasteiger charge is -2.19. The summed E-state index contributed by atoms with van der Waals surface area (Å²) in [4.78, 5) is 45.9. The number of ether oxygens (including phenoxy) is 1. The van der Waals surface area contributed by atoms with Gasteiger partial charge in [-0.3, -0.25) is 19.2 Å². The highest BCUT2D eigenvalue weighted by Gasteiger charge is 2.15. The largest absolute Gasteiger partial charge is 0.454 e. The van der Waals surface area contributed by atoms with Crippen LogP contribution in [-0.2, 0) is 24.5 Å². The van der Waals surface area contributed by atoms with Crippen LogP contribution in [0.2, 0.25) is 0 Å². The van der Waals surface area contributed by atoms with Gasteiger partial charge in [0.2, 0.25) is 5.91 Å². The van der Waals surface area contributed by atoms with Crippen molar-refractivity contribution < 1.29 is 23.9 Å². The molecule has 0 bridgehead atoms. The predicted molar refractivity (Wildman–Crippen MR) is 95.5 cm³/mol. The number of hydrogen-bond acceptors (Lipinski definition) is 5. The van der Waals surface area contributed by atoms with Gasteiger partial charge in [-0.25, -0.2) is 0 Å². The topological polar surface area (TPSA) is 114 Å². The molecular weight excluding hydrogens is 338 g/mol. The SMILES string of the molecule is CNC(=O)CNC(=O)COC(=O)CNC(=O)c1ccc(C(C)(C)C)cc1. The normalized spacial score (nSPS) is 10.6. The molecule has 0 aliphatic heterocycles. The number of likely N-dealkylation sites (N-methyl/N-ethyl adjacent to an activating group) is 1. The van der Waals surface area contributed by atoms with E-state index < -0.39 is 24.4 Å². The maximum Gasteiger partial charge on any atom is 0.325 e. The lowest BCUT2D eigenvalue weighted by Crippen LogP contribution is -2.38. The van der Waals surface area contributed by atoms with Crippen LogP contribution in [0, 0.1) is 0 Å². The van der Waals surface area contributed by atoms with E-state index in [2.05, 4.69) is 36.7 Å². The minimum atomic E-state index is -0.750. The molecule has 3 amide bonds. The fourth-order valence-electron chi connectivity index (χ4n) is 1.89. The van der Waals surface area contributed by atoms with E-state index in [-0.39, 0.29) is 24.4 Å². The average molecular weight is 363 g/mol. The van der Waals surface area contributed by atoms with Crippen LogP contribution in [0.5, 0.6) is 0 Å². The Kier molecular flexibility index (Phi) is 7.77. The quantitative estimate of drug-likeness (QED) is 0.596. The summed E-state index contributed by atoms with van der Waals surface area (Å²) in [5.41, 5.74) is 1.50. The number of amides is 3. The van der Waals surface area contributed by atoms with Crippen LogP contribution in [0.3, 0.4) is 0 Å². The summed E-state index contributed by atoms with van der Waals surface area (Å²) >= 11 is 0. The number of benzene rings is 1. The Morgan fingerprint density at radius 2 is 1.54 bits per heavy atom. The first-order valence-corrected chi connectivity index (χ1v) is 8.15. The summed E-state index contributed by atoms with van der Waals surface area (Å²) in [7, 11) is 1.44. The van der Waals surface area contributed by atoms with Gasteiger partial charge in [-0.2, -0.15) is 0 Å². The zero-order valence-electron chi connectivity index (χ0n) is 15.5. The monoisotopic (exact) mass is 363 g/mol. The summed E-state index contributed by atoms with van der Waals surface area (Å²) in [5.74, 6) is -2.13. The zero-order valence-corrected chi connectivity index (χ0v) is 15.5. The molecule has 0 saturated heterocycles. The van der Waals surface area contributed by atoms with Crippen molar-refractivity contribution in [2.45, 2.75) is 26.2 Å². The number of hydrogen-bond donors (Lipinski definition) is 3. The van der Waals surface area contributed by atoms with Crippen molar-refractivity contribution in [2.75, 3.05) is 26.7 Å². The van der Waals surface area contributed by atoms with Crippen LogP contribution in [-0.4, -0.2) is 50.4 Å². The second-order valence-electron chi connectivity index (χ2n) is 6.62. The highest BCUT2D eigenvalue weighted by Crippen LogP contribution is 2.22. The third kappa shape index (κ3) is 7.33. The Morgan fingerprint density at radius 3 is 2.08 bits per heavy atom. The van der Waals surface area contributed by atoms with Crippen LogP contribution in [0.15, 0.2) is 24.3 Å². The van der Waals surface area contributed by atoms with Crippen molar-refractivity contribution in [3.8, 4) is 0 Å². The molecule has 3 N–H and O–H groups in total. The molecule has 0 saturated carbocycles. The number of rotatable bonds is 7. The van der Waals surface area contributed by atoms with Crippen molar-refractivity contribution in [3.05, 3.63) is 35.4 Å². The Balaban J connectivity index is 2.37. The molecule has 0 unspecified atom stereocenters. The molecule has 0 fully saturated rings. The van der Waals surface area contributed by atoms with Crippen LogP contribution >= 0.6 is 0 Å². The minimum Gasteiger partial charge on any atom is -0.454 e. The third-order valence-corrected chi connectivity index (χ3v) is 3.50. The molecule has 0 aliphatic rings. The average Bonchev–Trinajstić information content (AvgIpc) is 2.61. The lowest BCUT2D eigenvalue weighted by atomic mass is 9.87. The molecule has 0 radical (unpaired) electrons. The summed E-state index contributed by atoms with van der Waals surface area (Å²) < 4.78 is 4.72. The van der Waals surface area contributed by atoms with Gasteiger partial charge in [0.1, 0.15) is 6.54 Å². The molecule has 1 aromatic rings. The summed E-state index contributed by atoms with van der Waals surface area (Å²) in [6.45, 7) is 5.14. The molecule has 8 heteroatoms. The number of carbonyl (C=O) groups is 4. The van der Waals surface area contributed by atoms with Crippen molar-refractivity contribution in [1.82, 2.24) is 16.0 Å². The van der Waals surface area contributed by atoms with E-state index in [9.17, 15) is 19.2 Å². The van der Waals surface area contributed by atoms with Crippen LogP contribution in [0.25, 0.3) is 0 Å². The molecule has 1 rings (SSSR count). The molecule has 0 aromatic heterocycles. The molecule has 1 aromatic carbocycles. The smallest absolute Gasteiger partial charge is 0.325 e. The zero-order chi connectivity index (χ0) is 19.7. The Labute approximate surface area is 152 Å². The van der Waals surface area contributed by atoms with E-state index in [0.29, 0.717) is 5.56 Å². The van der Waals surface area contributed by atoms with E-state index in [4.69, 9.17) is 4.74 Å². The number of carbonyl (C=O) groups excluding carboxylic acids is 4. The van der Waals surface area contributed by atoms with Gasteiger partial charge in [-0.05, 0) is 23.1 Å². The molecule has 26 heavy (non-hydrogen) atoms. The molecule has 0 atom stereocenters. The Morgan fingerprint density at radius 1 is 0.923 bits per heavy atom. The molecule has 8 nitrogen and oxygen atoms in total. The lowest BCUT2D eigenvalue weighted by molar-refractivity contribution is -0.147. The molecule has 0 heterocycles. The second kappa shape index (κ2) is 9.55. The maximum absolute atomic E-state index is 12.0. The van der Waals surface area contributed by atoms with Gasteiger partial charge in [-0.15, -0.1) is 0 Å². The van der Waals surface area contributed by atoms with Crippen molar-refractivity contribution in [1.29, 1.82) is 0 Å². The van der Waals surface area contributed by atoms with Crippen LogP contribution < -0.4 is 16.0 Å². The van der Waals surface area contributed by atoms with Gasteiger partial charge in [0.15, 0.2) is 6.61 Å². The van der Waals surface area contributed by atoms with Gasteiger partial charge < -0.3 is 20.7 Å². The summed E-state index contributed by atoms with van der Waals surface area (Å²) in [5, 5.41) is 7.05. The first-order chi connectivity index (χ1) is 12.1. The fourth-order valence-corrected chi connectivity index (χ4v) is 1.89. The fraction of sp³-hybridized carbons (Fsp3) is 0.444. The van der Waals surface area contributed by atoms with E-state index >= 15 is 0 Å². The van der Waals surface area contributed by atoms with Gasteiger partial charge in [0, 0.05) is 12.6 Å². The number of esters is 1. The molecule has 142 valence electrons.